The summed E-state index contributed by atoms with van der Waals surface area (Å²) < 4.78 is 10.7. The molecule has 0 aliphatic heterocycles. The molecule has 0 fully saturated rings. The number of carbonyl (C=O) groups excluding carboxylic acids is 2. The van der Waals surface area contributed by atoms with Gasteiger partial charge in [0.05, 0.1) is 19.1 Å². The van der Waals surface area contributed by atoms with Crippen molar-refractivity contribution in [2.24, 2.45) is 0 Å². The first-order chi connectivity index (χ1) is 13.6. The Bertz CT molecular complexity index is 861. The molecule has 1 amide bonds. The van der Waals surface area contributed by atoms with Crippen LogP contribution in [-0.4, -0.2) is 31.6 Å². The largest absolute Gasteiger partial charge is 0.494 e. The van der Waals surface area contributed by atoms with Crippen LogP contribution < -0.4 is 9.64 Å². The van der Waals surface area contributed by atoms with E-state index in [2.05, 4.69) is 0 Å². The van der Waals surface area contributed by atoms with E-state index in [0.717, 1.165) is 19.3 Å². The number of nitriles is 1. The third-order valence-corrected chi connectivity index (χ3v) is 5.70. The number of anilines is 1. The summed E-state index contributed by atoms with van der Waals surface area (Å²) in [5, 5.41) is 8.89. The number of hydrogen-bond donors (Lipinski definition) is 0. The van der Waals surface area contributed by atoms with E-state index in [1.165, 1.54) is 26.7 Å². The number of rotatable bonds is 8. The quantitative estimate of drug-likeness (QED) is 0.633. The number of fused-ring (bicyclic) bond motifs is 1. The Morgan fingerprint density at radius 3 is 2.71 bits per heavy atom. The van der Waals surface area contributed by atoms with E-state index in [1.807, 2.05) is 19.1 Å². The van der Waals surface area contributed by atoms with Crippen LogP contribution in [0, 0.1) is 11.3 Å². The van der Waals surface area contributed by atoms with Gasteiger partial charge in [-0.2, -0.15) is 5.26 Å². The Labute approximate surface area is 168 Å². The number of nitrogens with zero attached hydrogens (tertiary/aromatic N) is 2. The normalized spacial score (nSPS) is 12.1. The number of thiophene rings is 1. The topological polar surface area (TPSA) is 79.6 Å². The van der Waals surface area contributed by atoms with Crippen LogP contribution >= 0.6 is 11.3 Å². The number of benzene rings is 1. The van der Waals surface area contributed by atoms with Crippen LogP contribution in [0.5, 0.6) is 5.75 Å². The van der Waals surface area contributed by atoms with E-state index >= 15 is 0 Å². The Hall–Kier alpha value is -2.85. The molecule has 3 rings (SSSR count). The van der Waals surface area contributed by atoms with Crippen molar-refractivity contribution in [3.8, 4) is 11.8 Å². The summed E-state index contributed by atoms with van der Waals surface area (Å²) in [4.78, 5) is 28.2. The van der Waals surface area contributed by atoms with Crippen molar-refractivity contribution >= 4 is 28.9 Å². The summed E-state index contributed by atoms with van der Waals surface area (Å²) in [6, 6.07) is 11.0. The minimum atomic E-state index is -0.473. The summed E-state index contributed by atoms with van der Waals surface area (Å²) in [5.74, 6) is -0.132. The summed E-state index contributed by atoms with van der Waals surface area (Å²) in [6.07, 6.45) is 3.32. The van der Waals surface area contributed by atoms with Crippen molar-refractivity contribution in [2.75, 3.05) is 24.7 Å². The summed E-state index contributed by atoms with van der Waals surface area (Å²) in [6.45, 7) is 2.32. The zero-order chi connectivity index (χ0) is 19.9. The predicted octanol–water partition coefficient (Wildman–Crippen LogP) is 3.74. The van der Waals surface area contributed by atoms with Gasteiger partial charge in [0.2, 0.25) is 0 Å². The fourth-order valence-electron chi connectivity index (χ4n) is 3.15. The first-order valence-corrected chi connectivity index (χ1v) is 10.1. The number of ether oxygens (including phenoxy) is 2. The number of esters is 1. The average Bonchev–Trinajstić information content (AvgIpc) is 3.30. The molecule has 28 heavy (non-hydrogen) atoms. The highest BCUT2D eigenvalue weighted by Gasteiger charge is 2.22. The third kappa shape index (κ3) is 4.70. The lowest BCUT2D eigenvalue weighted by Crippen LogP contribution is -2.35. The van der Waals surface area contributed by atoms with Crippen molar-refractivity contribution < 1.29 is 19.1 Å². The maximum absolute atomic E-state index is 12.6. The first kappa shape index (κ1) is 19.9. The highest BCUT2D eigenvalue weighted by Crippen LogP contribution is 2.31. The zero-order valence-corrected chi connectivity index (χ0v) is 16.6. The maximum Gasteiger partial charge on any atom is 0.348 e. The SMILES string of the molecule is CCOc1ccc(N(CCC#N)C(=O)COC(=O)c2cc3c(s2)CCC3)cc1. The van der Waals surface area contributed by atoms with E-state index < -0.39 is 5.97 Å². The third-order valence-electron chi connectivity index (χ3n) is 4.48. The van der Waals surface area contributed by atoms with Crippen molar-refractivity contribution in [1.29, 1.82) is 5.26 Å². The van der Waals surface area contributed by atoms with Gasteiger partial charge in [0.15, 0.2) is 6.61 Å². The van der Waals surface area contributed by atoms with Crippen molar-refractivity contribution in [3.05, 3.63) is 45.6 Å². The molecule has 0 saturated heterocycles. The van der Waals surface area contributed by atoms with Crippen LogP contribution in [-0.2, 0) is 22.4 Å². The van der Waals surface area contributed by atoms with Crippen molar-refractivity contribution in [2.45, 2.75) is 32.6 Å². The van der Waals surface area contributed by atoms with E-state index in [0.29, 0.717) is 22.9 Å². The molecule has 1 aromatic carbocycles. The average molecular weight is 398 g/mol. The van der Waals surface area contributed by atoms with Crippen LogP contribution in [0.25, 0.3) is 0 Å². The molecule has 2 aromatic rings. The Morgan fingerprint density at radius 2 is 2.04 bits per heavy atom. The van der Waals surface area contributed by atoms with Crippen molar-refractivity contribution in [3.63, 3.8) is 0 Å². The minimum Gasteiger partial charge on any atom is -0.494 e. The summed E-state index contributed by atoms with van der Waals surface area (Å²) in [7, 11) is 0. The molecule has 0 bridgehead atoms. The van der Waals surface area contributed by atoms with Gasteiger partial charge in [-0.25, -0.2) is 4.79 Å². The molecule has 0 saturated carbocycles. The lowest BCUT2D eigenvalue weighted by atomic mass is 10.2. The highest BCUT2D eigenvalue weighted by atomic mass is 32.1. The molecular weight excluding hydrogens is 376 g/mol. The Morgan fingerprint density at radius 1 is 1.25 bits per heavy atom. The second kappa shape index (κ2) is 9.38. The van der Waals surface area contributed by atoms with Gasteiger partial charge in [-0.1, -0.05) is 0 Å². The van der Waals surface area contributed by atoms with E-state index in [9.17, 15) is 9.59 Å². The van der Waals surface area contributed by atoms with Gasteiger partial charge < -0.3 is 14.4 Å². The molecular formula is C21H22N2O4S. The smallest absolute Gasteiger partial charge is 0.348 e. The fourth-order valence-corrected chi connectivity index (χ4v) is 4.30. The molecule has 1 aromatic heterocycles. The second-order valence-electron chi connectivity index (χ2n) is 6.37. The molecule has 0 unspecified atom stereocenters. The molecule has 0 spiro atoms. The first-order valence-electron chi connectivity index (χ1n) is 9.31. The van der Waals surface area contributed by atoms with Crippen LogP contribution in [0.15, 0.2) is 30.3 Å². The summed E-state index contributed by atoms with van der Waals surface area (Å²) >= 11 is 1.45. The minimum absolute atomic E-state index is 0.185. The second-order valence-corrected chi connectivity index (χ2v) is 7.51. The standard InChI is InChI=1S/C21H22N2O4S/c1-2-26-17-9-7-16(8-10-17)23(12-4-11-22)20(24)14-27-21(25)19-13-15-5-3-6-18(15)28-19/h7-10,13H,2-6,12,14H2,1H3. The van der Waals surface area contributed by atoms with Crippen molar-refractivity contribution in [1.82, 2.24) is 0 Å². The highest BCUT2D eigenvalue weighted by molar-refractivity contribution is 7.14. The molecule has 0 atom stereocenters. The summed E-state index contributed by atoms with van der Waals surface area (Å²) in [5.41, 5.74) is 1.85. The van der Waals surface area contributed by atoms with Crippen LogP contribution in [0.2, 0.25) is 0 Å². The lowest BCUT2D eigenvalue weighted by molar-refractivity contribution is -0.121. The lowest BCUT2D eigenvalue weighted by Gasteiger charge is -2.22. The fraction of sp³-hybridized carbons (Fsp3) is 0.381. The zero-order valence-electron chi connectivity index (χ0n) is 15.8. The van der Waals surface area contributed by atoms with Gasteiger partial charge >= 0.3 is 5.97 Å². The predicted molar refractivity (Wildman–Crippen MR) is 107 cm³/mol. The number of aryl methyl sites for hydroxylation is 2. The molecule has 1 heterocycles. The molecule has 146 valence electrons. The van der Waals surface area contributed by atoms with Gasteiger partial charge in [-0.3, -0.25) is 4.79 Å². The number of carbonyl (C=O) groups is 2. The van der Waals surface area contributed by atoms with E-state index in [1.54, 1.807) is 24.3 Å². The molecule has 1 aliphatic carbocycles. The van der Waals surface area contributed by atoms with Crippen LogP contribution in [0.4, 0.5) is 5.69 Å². The molecule has 7 heteroatoms. The molecule has 6 nitrogen and oxygen atoms in total. The monoisotopic (exact) mass is 398 g/mol. The van der Waals surface area contributed by atoms with Crippen LogP contribution in [0.3, 0.4) is 0 Å². The molecule has 0 radical (unpaired) electrons. The van der Waals surface area contributed by atoms with E-state index in [4.69, 9.17) is 14.7 Å². The van der Waals surface area contributed by atoms with Gasteiger partial charge in [-0.05, 0) is 62.1 Å². The van der Waals surface area contributed by atoms with Gasteiger partial charge in [0.25, 0.3) is 5.91 Å². The maximum atomic E-state index is 12.6. The van der Waals surface area contributed by atoms with Crippen LogP contribution in [0.1, 0.15) is 39.9 Å². The van der Waals surface area contributed by atoms with Gasteiger partial charge in [0, 0.05) is 17.1 Å². The molecule has 1 aliphatic rings. The van der Waals surface area contributed by atoms with E-state index in [-0.39, 0.29) is 25.5 Å². The number of amides is 1. The van der Waals surface area contributed by atoms with Gasteiger partial charge in [-0.15, -0.1) is 11.3 Å². The Balaban J connectivity index is 1.63. The Kier molecular flexibility index (Phi) is 6.66. The van der Waals surface area contributed by atoms with Gasteiger partial charge in [0.1, 0.15) is 10.6 Å². The molecule has 0 N–H and O–H groups in total. The number of hydrogen-bond acceptors (Lipinski definition) is 6.